The number of amides is 1. The molecule has 26 heavy (non-hydrogen) atoms. The third-order valence-electron chi connectivity index (χ3n) is 3.58. The van der Waals surface area contributed by atoms with Crippen LogP contribution in [0.1, 0.15) is 20.3 Å². The van der Waals surface area contributed by atoms with Gasteiger partial charge in [-0.1, -0.05) is 37.7 Å². The molecule has 0 aliphatic heterocycles. The van der Waals surface area contributed by atoms with Crippen LogP contribution < -0.4 is 10.9 Å². The van der Waals surface area contributed by atoms with Gasteiger partial charge in [-0.15, -0.1) is 0 Å². The molecule has 1 aromatic carbocycles. The maximum Gasteiger partial charge on any atom is 0.405 e. The first-order valence-electron chi connectivity index (χ1n) is 8.13. The molecule has 142 valence electrons. The van der Waals surface area contributed by atoms with E-state index in [0.29, 0.717) is 28.5 Å². The number of hydrogen-bond donors (Lipinski definition) is 1. The number of aromatic nitrogens is 2. The summed E-state index contributed by atoms with van der Waals surface area (Å²) in [7, 11) is 0. The maximum atomic E-state index is 12.7. The Kier molecular flexibility index (Phi) is 6.69. The van der Waals surface area contributed by atoms with Gasteiger partial charge >= 0.3 is 6.18 Å². The first kappa shape index (κ1) is 20.3. The fourth-order valence-electron chi connectivity index (χ4n) is 2.22. The molecule has 0 bridgehead atoms. The van der Waals surface area contributed by atoms with E-state index in [4.69, 9.17) is 0 Å². The second kappa shape index (κ2) is 8.57. The van der Waals surface area contributed by atoms with Gasteiger partial charge in [-0.3, -0.25) is 14.2 Å². The third kappa shape index (κ3) is 5.76. The molecule has 0 saturated carbocycles. The van der Waals surface area contributed by atoms with Gasteiger partial charge in [0.05, 0.1) is 16.7 Å². The first-order chi connectivity index (χ1) is 12.2. The van der Waals surface area contributed by atoms with Gasteiger partial charge in [0.2, 0.25) is 5.91 Å². The van der Waals surface area contributed by atoms with E-state index in [2.05, 4.69) is 4.98 Å². The zero-order chi connectivity index (χ0) is 19.3. The van der Waals surface area contributed by atoms with Crippen molar-refractivity contribution in [3.05, 3.63) is 34.6 Å². The minimum absolute atomic E-state index is 0.213. The molecule has 1 amide bonds. The minimum atomic E-state index is -4.46. The Morgan fingerprint density at radius 1 is 1.31 bits per heavy atom. The normalized spacial score (nSPS) is 11.9. The molecule has 0 aliphatic carbocycles. The smallest absolute Gasteiger partial charge is 0.346 e. The van der Waals surface area contributed by atoms with Crippen molar-refractivity contribution in [2.75, 3.05) is 12.3 Å². The molecule has 0 unspecified atom stereocenters. The van der Waals surface area contributed by atoms with Crippen LogP contribution >= 0.6 is 11.8 Å². The lowest BCUT2D eigenvalue weighted by molar-refractivity contribution is -0.136. The molecule has 0 saturated heterocycles. The van der Waals surface area contributed by atoms with Crippen LogP contribution in [0, 0.1) is 5.92 Å². The predicted molar refractivity (Wildman–Crippen MR) is 95.2 cm³/mol. The molecular weight excluding hydrogens is 367 g/mol. The Morgan fingerprint density at radius 3 is 2.65 bits per heavy atom. The summed E-state index contributed by atoms with van der Waals surface area (Å²) in [6, 6.07) is 6.87. The van der Waals surface area contributed by atoms with Crippen LogP contribution in [-0.4, -0.2) is 33.9 Å². The quantitative estimate of drug-likeness (QED) is 0.585. The lowest BCUT2D eigenvalue weighted by atomic mass is 10.1. The molecule has 2 aromatic rings. The Bertz CT molecular complexity index is 834. The largest absolute Gasteiger partial charge is 0.405 e. The highest BCUT2D eigenvalue weighted by molar-refractivity contribution is 7.99. The zero-order valence-electron chi connectivity index (χ0n) is 14.5. The van der Waals surface area contributed by atoms with Gasteiger partial charge in [-0.05, 0) is 24.5 Å². The van der Waals surface area contributed by atoms with Crippen molar-refractivity contribution >= 4 is 28.6 Å². The van der Waals surface area contributed by atoms with Gasteiger partial charge in [0, 0.05) is 6.54 Å². The van der Waals surface area contributed by atoms with Crippen molar-refractivity contribution < 1.29 is 18.0 Å². The van der Waals surface area contributed by atoms with Crippen LogP contribution in [0.25, 0.3) is 10.9 Å². The fourth-order valence-corrected chi connectivity index (χ4v) is 3.08. The van der Waals surface area contributed by atoms with Crippen LogP contribution in [0.3, 0.4) is 0 Å². The standard InChI is InChI=1S/C17H20F3N3O2S/c1-11(2)7-8-23-15(25)12-5-3-4-6-13(12)22-16(23)26-9-14(24)21-10-17(18,19)20/h3-6,11H,7-10H2,1-2H3,(H,21,24). The van der Waals surface area contributed by atoms with Crippen LogP contribution in [0.5, 0.6) is 0 Å². The number of benzene rings is 1. The number of thioether (sulfide) groups is 1. The second-order valence-corrected chi connectivity index (χ2v) is 7.17. The third-order valence-corrected chi connectivity index (χ3v) is 4.55. The SMILES string of the molecule is CC(C)CCn1c(SCC(=O)NCC(F)(F)F)nc2ccccc2c1=O. The van der Waals surface area contributed by atoms with E-state index in [9.17, 15) is 22.8 Å². The molecule has 0 fully saturated rings. The number of carbonyl (C=O) groups is 1. The summed E-state index contributed by atoms with van der Waals surface area (Å²) in [6.45, 7) is 3.10. The van der Waals surface area contributed by atoms with E-state index in [1.54, 1.807) is 24.3 Å². The molecule has 5 nitrogen and oxygen atoms in total. The van der Waals surface area contributed by atoms with Crippen LogP contribution in [0.2, 0.25) is 0 Å². The lowest BCUT2D eigenvalue weighted by Gasteiger charge is -2.14. The number of para-hydroxylation sites is 1. The Morgan fingerprint density at radius 2 is 2.00 bits per heavy atom. The monoisotopic (exact) mass is 387 g/mol. The maximum absolute atomic E-state index is 12.7. The molecular formula is C17H20F3N3O2S. The van der Waals surface area contributed by atoms with E-state index in [-0.39, 0.29) is 11.3 Å². The Balaban J connectivity index is 2.22. The van der Waals surface area contributed by atoms with E-state index in [1.807, 2.05) is 19.2 Å². The number of alkyl halides is 3. The lowest BCUT2D eigenvalue weighted by Crippen LogP contribution is -2.35. The number of carbonyl (C=O) groups excluding carboxylic acids is 1. The molecule has 0 aliphatic rings. The van der Waals surface area contributed by atoms with Crippen molar-refractivity contribution in [1.29, 1.82) is 0 Å². The summed E-state index contributed by atoms with van der Waals surface area (Å²) in [5, 5.41) is 2.62. The zero-order valence-corrected chi connectivity index (χ0v) is 15.3. The number of hydrogen-bond acceptors (Lipinski definition) is 4. The summed E-state index contributed by atoms with van der Waals surface area (Å²) in [4.78, 5) is 28.8. The van der Waals surface area contributed by atoms with Crippen molar-refractivity contribution in [1.82, 2.24) is 14.9 Å². The molecule has 0 atom stereocenters. The van der Waals surface area contributed by atoms with Crippen LogP contribution in [0.4, 0.5) is 13.2 Å². The summed E-state index contributed by atoms with van der Waals surface area (Å²) in [5.74, 6) is -0.644. The molecule has 1 heterocycles. The van der Waals surface area contributed by atoms with Crippen LogP contribution in [-0.2, 0) is 11.3 Å². The van der Waals surface area contributed by atoms with Gasteiger partial charge < -0.3 is 5.32 Å². The average molecular weight is 387 g/mol. The molecule has 9 heteroatoms. The van der Waals surface area contributed by atoms with Crippen LogP contribution in [0.15, 0.2) is 34.2 Å². The van der Waals surface area contributed by atoms with Crippen molar-refractivity contribution in [3.63, 3.8) is 0 Å². The predicted octanol–water partition coefficient (Wildman–Crippen LogP) is 3.21. The fraction of sp³-hybridized carbons (Fsp3) is 0.471. The van der Waals surface area contributed by atoms with E-state index < -0.39 is 18.6 Å². The highest BCUT2D eigenvalue weighted by atomic mass is 32.2. The molecule has 2 rings (SSSR count). The summed E-state index contributed by atoms with van der Waals surface area (Å²) in [5.41, 5.74) is 0.283. The Hall–Kier alpha value is -2.03. The summed E-state index contributed by atoms with van der Waals surface area (Å²) < 4.78 is 38.0. The first-order valence-corrected chi connectivity index (χ1v) is 9.12. The average Bonchev–Trinajstić information content (AvgIpc) is 2.56. The van der Waals surface area contributed by atoms with Crippen molar-refractivity contribution in [2.45, 2.75) is 38.1 Å². The minimum Gasteiger partial charge on any atom is -0.346 e. The van der Waals surface area contributed by atoms with Gasteiger partial charge in [0.25, 0.3) is 5.56 Å². The number of rotatable bonds is 7. The molecule has 0 spiro atoms. The molecule has 0 radical (unpaired) electrons. The number of nitrogens with one attached hydrogen (secondary N) is 1. The van der Waals surface area contributed by atoms with Crippen molar-refractivity contribution in [2.24, 2.45) is 5.92 Å². The number of halogens is 3. The highest BCUT2D eigenvalue weighted by Crippen LogP contribution is 2.19. The number of fused-ring (bicyclic) bond motifs is 1. The topological polar surface area (TPSA) is 64.0 Å². The number of nitrogens with zero attached hydrogens (tertiary/aromatic N) is 2. The Labute approximate surface area is 153 Å². The highest BCUT2D eigenvalue weighted by Gasteiger charge is 2.27. The summed E-state index contributed by atoms with van der Waals surface area (Å²) in [6.07, 6.45) is -3.71. The van der Waals surface area contributed by atoms with E-state index in [0.717, 1.165) is 18.2 Å². The summed E-state index contributed by atoms with van der Waals surface area (Å²) >= 11 is 0.959. The second-order valence-electron chi connectivity index (χ2n) is 6.23. The van der Waals surface area contributed by atoms with Gasteiger partial charge in [-0.2, -0.15) is 13.2 Å². The molecule has 1 aromatic heterocycles. The van der Waals surface area contributed by atoms with Gasteiger partial charge in [0.15, 0.2) is 5.16 Å². The molecule has 1 N–H and O–H groups in total. The van der Waals surface area contributed by atoms with Crippen molar-refractivity contribution in [3.8, 4) is 0 Å². The van der Waals surface area contributed by atoms with Gasteiger partial charge in [-0.25, -0.2) is 4.98 Å². The van der Waals surface area contributed by atoms with E-state index in [1.165, 1.54) is 4.57 Å². The van der Waals surface area contributed by atoms with Gasteiger partial charge in [0.1, 0.15) is 6.54 Å². The van der Waals surface area contributed by atoms with E-state index >= 15 is 0 Å².